The number of rotatable bonds is 2. The predicted molar refractivity (Wildman–Crippen MR) is 103 cm³/mol. The summed E-state index contributed by atoms with van der Waals surface area (Å²) in [5.74, 6) is 0.103. The Balaban J connectivity index is 1.71. The summed E-state index contributed by atoms with van der Waals surface area (Å²) in [5.41, 5.74) is 7.60. The van der Waals surface area contributed by atoms with Gasteiger partial charge in [0.15, 0.2) is 0 Å². The number of amides is 2. The van der Waals surface area contributed by atoms with Crippen LogP contribution in [0.4, 0.5) is 4.79 Å². The molecule has 136 valence electrons. The zero-order valence-electron chi connectivity index (χ0n) is 14.2. The number of hydrogen-bond donors (Lipinski definition) is 4. The van der Waals surface area contributed by atoms with Crippen LogP contribution >= 0.6 is 23.2 Å². The van der Waals surface area contributed by atoms with Crippen molar-refractivity contribution >= 4 is 29.2 Å². The molecule has 2 aromatic carbocycles. The SMILES string of the molecule is CC1C(c2ccc(Cl)cc2)NC(c2ccc(Cl)cc2)CC12NNC(=O)N2. The first-order chi connectivity index (χ1) is 12.5. The van der Waals surface area contributed by atoms with Crippen molar-refractivity contribution in [3.63, 3.8) is 0 Å². The first-order valence-corrected chi connectivity index (χ1v) is 9.35. The number of carbonyl (C=O) groups excluding carboxylic acids is 1. The van der Waals surface area contributed by atoms with Crippen LogP contribution in [0.3, 0.4) is 0 Å². The Hall–Kier alpha value is -1.79. The van der Waals surface area contributed by atoms with Crippen molar-refractivity contribution in [3.05, 3.63) is 69.7 Å². The number of halogens is 2. The van der Waals surface area contributed by atoms with E-state index < -0.39 is 5.66 Å². The largest absolute Gasteiger partial charge is 0.330 e. The lowest BCUT2D eigenvalue weighted by molar-refractivity contribution is 0.0878. The topological polar surface area (TPSA) is 65.2 Å². The molecule has 2 aliphatic rings. The summed E-state index contributed by atoms with van der Waals surface area (Å²) in [4.78, 5) is 11.9. The number of piperidine rings is 1. The molecule has 7 heteroatoms. The molecule has 4 unspecified atom stereocenters. The molecule has 4 atom stereocenters. The van der Waals surface area contributed by atoms with Crippen LogP contribution in [0.1, 0.15) is 36.6 Å². The van der Waals surface area contributed by atoms with Crippen molar-refractivity contribution in [2.75, 3.05) is 0 Å². The second-order valence-electron chi connectivity index (χ2n) is 6.97. The molecule has 0 bridgehead atoms. The van der Waals surface area contributed by atoms with Crippen LogP contribution in [0.25, 0.3) is 0 Å². The van der Waals surface area contributed by atoms with Gasteiger partial charge in [0, 0.05) is 34.5 Å². The highest BCUT2D eigenvalue weighted by Gasteiger charge is 2.51. The number of hydrazine groups is 1. The number of urea groups is 1. The second-order valence-corrected chi connectivity index (χ2v) is 7.84. The fourth-order valence-corrected chi connectivity index (χ4v) is 4.19. The van der Waals surface area contributed by atoms with Gasteiger partial charge in [0.2, 0.25) is 0 Å². The Kier molecular flexibility index (Phi) is 4.57. The molecule has 2 heterocycles. The van der Waals surface area contributed by atoms with Gasteiger partial charge in [-0.25, -0.2) is 10.2 Å². The molecule has 2 aromatic rings. The van der Waals surface area contributed by atoms with Crippen LogP contribution in [-0.2, 0) is 0 Å². The van der Waals surface area contributed by atoms with Crippen molar-refractivity contribution < 1.29 is 4.79 Å². The molecule has 4 N–H and O–H groups in total. The smallest absolute Gasteiger partial charge is 0.317 e. The standard InChI is InChI=1S/C19H20Cl2N4O/c1-11-17(13-4-8-15(21)9-5-13)22-16(12-2-6-14(20)7-3-12)10-19(11)23-18(26)24-25-19/h2-9,11,16-17,22,25H,10H2,1H3,(H2,23,24,26). The van der Waals surface area contributed by atoms with E-state index in [4.69, 9.17) is 23.2 Å². The summed E-state index contributed by atoms with van der Waals surface area (Å²) in [6, 6.07) is 15.5. The van der Waals surface area contributed by atoms with E-state index in [9.17, 15) is 4.79 Å². The van der Waals surface area contributed by atoms with E-state index in [0.29, 0.717) is 16.5 Å². The van der Waals surface area contributed by atoms with Gasteiger partial charge in [0.1, 0.15) is 5.66 Å². The lowest BCUT2D eigenvalue weighted by Crippen LogP contribution is -2.63. The quantitative estimate of drug-likeness (QED) is 0.628. The first-order valence-electron chi connectivity index (χ1n) is 8.59. The third-order valence-corrected chi connectivity index (χ3v) is 5.93. The maximum Gasteiger partial charge on any atom is 0.330 e. The molecule has 0 radical (unpaired) electrons. The van der Waals surface area contributed by atoms with Gasteiger partial charge in [-0.15, -0.1) is 0 Å². The van der Waals surface area contributed by atoms with E-state index in [0.717, 1.165) is 11.1 Å². The highest BCUT2D eigenvalue weighted by Crippen LogP contribution is 2.42. The molecular formula is C19H20Cl2N4O. The van der Waals surface area contributed by atoms with Gasteiger partial charge >= 0.3 is 6.03 Å². The first kappa shape index (κ1) is 17.6. The molecule has 5 nitrogen and oxygen atoms in total. The fraction of sp³-hybridized carbons (Fsp3) is 0.316. The maximum atomic E-state index is 11.9. The van der Waals surface area contributed by atoms with E-state index in [2.05, 4.69) is 28.4 Å². The molecule has 0 aromatic heterocycles. The molecule has 0 aliphatic carbocycles. The Bertz CT molecular complexity index is 811. The zero-order valence-corrected chi connectivity index (χ0v) is 15.7. The van der Waals surface area contributed by atoms with E-state index in [1.165, 1.54) is 0 Å². The van der Waals surface area contributed by atoms with Crippen LogP contribution in [0.15, 0.2) is 48.5 Å². The number of hydrogen-bond acceptors (Lipinski definition) is 3. The van der Waals surface area contributed by atoms with Crippen LogP contribution < -0.4 is 21.5 Å². The maximum absolute atomic E-state index is 11.9. The average Bonchev–Trinajstić information content (AvgIpc) is 3.00. The summed E-state index contributed by atoms with van der Waals surface area (Å²) in [6.07, 6.45) is 0.707. The summed E-state index contributed by atoms with van der Waals surface area (Å²) >= 11 is 12.1. The van der Waals surface area contributed by atoms with Crippen LogP contribution in [-0.4, -0.2) is 11.7 Å². The number of carbonyl (C=O) groups is 1. The predicted octanol–water partition coefficient (Wildman–Crippen LogP) is 3.92. The summed E-state index contributed by atoms with van der Waals surface area (Å²) < 4.78 is 0. The number of benzene rings is 2. The highest BCUT2D eigenvalue weighted by molar-refractivity contribution is 6.30. The minimum Gasteiger partial charge on any atom is -0.317 e. The number of nitrogens with one attached hydrogen (secondary N) is 4. The molecule has 2 aliphatic heterocycles. The van der Waals surface area contributed by atoms with Crippen molar-refractivity contribution in [3.8, 4) is 0 Å². The molecular weight excluding hydrogens is 371 g/mol. The van der Waals surface area contributed by atoms with E-state index >= 15 is 0 Å². The summed E-state index contributed by atoms with van der Waals surface area (Å²) in [5, 5.41) is 8.23. The van der Waals surface area contributed by atoms with Gasteiger partial charge in [0.25, 0.3) is 0 Å². The summed E-state index contributed by atoms with van der Waals surface area (Å²) in [6.45, 7) is 2.13. The third-order valence-electron chi connectivity index (χ3n) is 5.42. The lowest BCUT2D eigenvalue weighted by Gasteiger charge is -2.47. The third kappa shape index (κ3) is 3.16. The lowest BCUT2D eigenvalue weighted by atomic mass is 9.75. The van der Waals surface area contributed by atoms with Crippen molar-refractivity contribution in [1.82, 2.24) is 21.5 Å². The second kappa shape index (κ2) is 6.74. The molecule has 2 amide bonds. The van der Waals surface area contributed by atoms with Gasteiger partial charge in [-0.05, 0) is 35.4 Å². The fourth-order valence-electron chi connectivity index (χ4n) is 3.94. The van der Waals surface area contributed by atoms with E-state index in [-0.39, 0.29) is 24.0 Å². The normalized spacial score (nSPS) is 30.9. The van der Waals surface area contributed by atoms with Crippen LogP contribution in [0, 0.1) is 5.92 Å². The molecule has 2 fully saturated rings. The molecule has 1 spiro atoms. The Morgan fingerprint density at radius 1 is 0.962 bits per heavy atom. The van der Waals surface area contributed by atoms with Crippen molar-refractivity contribution in [2.45, 2.75) is 31.1 Å². The van der Waals surface area contributed by atoms with E-state index in [1.54, 1.807) is 0 Å². The van der Waals surface area contributed by atoms with Gasteiger partial charge < -0.3 is 10.6 Å². The van der Waals surface area contributed by atoms with Crippen LogP contribution in [0.2, 0.25) is 10.0 Å². The Morgan fingerprint density at radius 2 is 1.54 bits per heavy atom. The monoisotopic (exact) mass is 390 g/mol. The van der Waals surface area contributed by atoms with Crippen molar-refractivity contribution in [1.29, 1.82) is 0 Å². The van der Waals surface area contributed by atoms with Gasteiger partial charge in [-0.1, -0.05) is 54.4 Å². The zero-order chi connectivity index (χ0) is 18.3. The Labute approximate surface area is 162 Å². The average molecular weight is 391 g/mol. The minimum absolute atomic E-state index is 0.0365. The van der Waals surface area contributed by atoms with Gasteiger partial charge in [-0.3, -0.25) is 5.43 Å². The molecule has 0 saturated carbocycles. The van der Waals surface area contributed by atoms with Crippen molar-refractivity contribution in [2.24, 2.45) is 5.92 Å². The Morgan fingerprint density at radius 3 is 2.08 bits per heavy atom. The summed E-state index contributed by atoms with van der Waals surface area (Å²) in [7, 11) is 0. The van der Waals surface area contributed by atoms with Gasteiger partial charge in [-0.2, -0.15) is 0 Å². The highest BCUT2D eigenvalue weighted by atomic mass is 35.5. The van der Waals surface area contributed by atoms with Crippen LogP contribution in [0.5, 0.6) is 0 Å². The molecule has 2 saturated heterocycles. The molecule has 26 heavy (non-hydrogen) atoms. The molecule has 4 rings (SSSR count). The minimum atomic E-state index is -0.545. The van der Waals surface area contributed by atoms with Gasteiger partial charge in [0.05, 0.1) is 0 Å². The van der Waals surface area contributed by atoms with E-state index in [1.807, 2.05) is 48.5 Å².